The van der Waals surface area contributed by atoms with Crippen LogP contribution in [0.15, 0.2) is 47.5 Å². The van der Waals surface area contributed by atoms with Gasteiger partial charge in [0.1, 0.15) is 10.5 Å². The second kappa shape index (κ2) is 11.6. The van der Waals surface area contributed by atoms with E-state index in [-0.39, 0.29) is 35.1 Å². The number of rotatable bonds is 7. The van der Waals surface area contributed by atoms with Crippen LogP contribution in [-0.4, -0.2) is 63.2 Å². The van der Waals surface area contributed by atoms with E-state index in [2.05, 4.69) is 30.2 Å². The van der Waals surface area contributed by atoms with Gasteiger partial charge in [0.15, 0.2) is 6.73 Å². The fraction of sp³-hybridized carbons (Fsp3) is 0.370. The molecular weight excluding hydrogens is 589 g/mol. The molecule has 1 aliphatic carbocycles. The molecule has 1 aromatic heterocycles. The number of fused-ring (bicyclic) bond motifs is 1. The van der Waals surface area contributed by atoms with E-state index in [9.17, 15) is 13.2 Å². The first-order valence-corrected chi connectivity index (χ1v) is 15.7. The third-order valence-corrected chi connectivity index (χ3v) is 9.57. The minimum Gasteiger partial charge on any atom is -0.455 e. The van der Waals surface area contributed by atoms with Crippen LogP contribution in [0.2, 0.25) is 10.0 Å². The quantitative estimate of drug-likeness (QED) is 0.358. The number of amides is 1. The van der Waals surface area contributed by atoms with Gasteiger partial charge in [-0.3, -0.25) is 9.69 Å². The molecule has 11 nitrogen and oxygen atoms in total. The van der Waals surface area contributed by atoms with Crippen LogP contribution in [0.1, 0.15) is 36.0 Å². The minimum absolute atomic E-state index is 0.0635. The molecule has 0 unspecified atom stereocenters. The van der Waals surface area contributed by atoms with E-state index in [1.807, 2.05) is 0 Å². The lowest BCUT2D eigenvalue weighted by molar-refractivity contribution is 0.0932. The summed E-state index contributed by atoms with van der Waals surface area (Å²) < 4.78 is 35.9. The Labute approximate surface area is 248 Å². The van der Waals surface area contributed by atoms with Crippen LogP contribution < -0.4 is 29.9 Å². The summed E-state index contributed by atoms with van der Waals surface area (Å²) in [4.78, 5) is 25.5. The van der Waals surface area contributed by atoms with Crippen LogP contribution in [0.25, 0.3) is 0 Å². The largest absolute Gasteiger partial charge is 0.455 e. The molecular formula is C27H29Cl2N7O4S. The van der Waals surface area contributed by atoms with E-state index in [1.54, 1.807) is 36.4 Å². The first-order chi connectivity index (χ1) is 19.8. The van der Waals surface area contributed by atoms with Crippen molar-refractivity contribution in [3.8, 4) is 5.88 Å². The summed E-state index contributed by atoms with van der Waals surface area (Å²) in [7, 11) is -3.79. The second-order valence-electron chi connectivity index (χ2n) is 10.1. The average Bonchev–Trinajstić information content (AvgIpc) is 3.47. The summed E-state index contributed by atoms with van der Waals surface area (Å²) in [5.74, 6) is -0.151. The van der Waals surface area contributed by atoms with Gasteiger partial charge in [-0.1, -0.05) is 42.1 Å². The number of ether oxygens (including phenoxy) is 1. The normalized spacial score (nSPS) is 17.9. The number of piperazine rings is 1. The SMILES string of the molecule is O=C1c2cnc(Nc3ccc(N4CCNCC4)c(S(=O)(=O)NC4CCCC4)c3)nc2OCN1c1c(Cl)cccc1Cl. The van der Waals surface area contributed by atoms with E-state index < -0.39 is 15.9 Å². The Balaban J connectivity index is 1.27. The molecule has 0 radical (unpaired) electrons. The lowest BCUT2D eigenvalue weighted by Crippen LogP contribution is -2.44. The van der Waals surface area contributed by atoms with Gasteiger partial charge in [-0.2, -0.15) is 4.98 Å². The third-order valence-electron chi connectivity index (χ3n) is 7.41. The van der Waals surface area contributed by atoms with Gasteiger partial charge in [-0.05, 0) is 43.2 Å². The molecule has 0 bridgehead atoms. The first-order valence-electron chi connectivity index (χ1n) is 13.4. The van der Waals surface area contributed by atoms with Gasteiger partial charge in [0.05, 0.1) is 21.4 Å². The Morgan fingerprint density at radius 3 is 2.51 bits per heavy atom. The lowest BCUT2D eigenvalue weighted by Gasteiger charge is -2.31. The Bertz CT molecular complexity index is 1560. The zero-order chi connectivity index (χ0) is 28.6. The number of halogens is 2. The summed E-state index contributed by atoms with van der Waals surface area (Å²) in [6.07, 6.45) is 5.06. The maximum atomic E-state index is 13.6. The number of benzene rings is 2. The Hall–Kier alpha value is -3.16. The summed E-state index contributed by atoms with van der Waals surface area (Å²) in [6, 6.07) is 10.1. The zero-order valence-corrected chi connectivity index (χ0v) is 24.4. The van der Waals surface area contributed by atoms with Crippen molar-refractivity contribution in [2.24, 2.45) is 0 Å². The number of sulfonamides is 1. The Morgan fingerprint density at radius 2 is 1.78 bits per heavy atom. The molecule has 6 rings (SSSR count). The number of carbonyl (C=O) groups excluding carboxylic acids is 1. The average molecular weight is 619 g/mol. The fourth-order valence-corrected chi connectivity index (χ4v) is 7.51. The van der Waals surface area contributed by atoms with Crippen molar-refractivity contribution in [1.82, 2.24) is 20.0 Å². The van der Waals surface area contributed by atoms with Crippen LogP contribution in [0.3, 0.4) is 0 Å². The number of hydrogen-bond acceptors (Lipinski definition) is 9. The minimum atomic E-state index is -3.79. The van der Waals surface area contributed by atoms with Crippen molar-refractivity contribution in [2.45, 2.75) is 36.6 Å². The van der Waals surface area contributed by atoms with Gasteiger partial charge in [-0.15, -0.1) is 0 Å². The van der Waals surface area contributed by atoms with E-state index >= 15 is 0 Å². The Kier molecular flexibility index (Phi) is 7.92. The van der Waals surface area contributed by atoms with Gasteiger partial charge < -0.3 is 20.3 Å². The van der Waals surface area contributed by atoms with Crippen LogP contribution in [0, 0.1) is 0 Å². The molecule has 3 aromatic rings. The second-order valence-corrected chi connectivity index (χ2v) is 12.6. The van der Waals surface area contributed by atoms with Gasteiger partial charge in [0, 0.05) is 44.1 Å². The summed E-state index contributed by atoms with van der Waals surface area (Å²) in [5, 5.41) is 7.01. The molecule has 0 spiro atoms. The van der Waals surface area contributed by atoms with Gasteiger partial charge in [0.25, 0.3) is 5.91 Å². The van der Waals surface area contributed by atoms with Crippen LogP contribution in [-0.2, 0) is 10.0 Å². The highest BCUT2D eigenvalue weighted by molar-refractivity contribution is 7.89. The summed E-state index contributed by atoms with van der Waals surface area (Å²) >= 11 is 12.6. The molecule has 1 amide bonds. The smallest absolute Gasteiger partial charge is 0.268 e. The van der Waals surface area contributed by atoms with E-state index in [1.165, 1.54) is 11.1 Å². The van der Waals surface area contributed by atoms with Crippen molar-refractivity contribution in [1.29, 1.82) is 0 Å². The first kappa shape index (κ1) is 28.0. The molecule has 2 aliphatic heterocycles. The topological polar surface area (TPSA) is 129 Å². The molecule has 0 atom stereocenters. The molecule has 14 heteroatoms. The van der Waals surface area contributed by atoms with Crippen molar-refractivity contribution < 1.29 is 17.9 Å². The molecule has 2 fully saturated rings. The lowest BCUT2D eigenvalue weighted by atomic mass is 10.2. The van der Waals surface area contributed by atoms with E-state index in [0.717, 1.165) is 38.8 Å². The number of aromatic nitrogens is 2. The van der Waals surface area contributed by atoms with E-state index in [0.29, 0.717) is 40.2 Å². The van der Waals surface area contributed by atoms with Gasteiger partial charge in [0.2, 0.25) is 21.9 Å². The Morgan fingerprint density at radius 1 is 1.05 bits per heavy atom. The highest BCUT2D eigenvalue weighted by Crippen LogP contribution is 2.37. The zero-order valence-electron chi connectivity index (χ0n) is 22.1. The molecule has 216 valence electrons. The molecule has 3 N–H and O–H groups in total. The molecule has 3 heterocycles. The van der Waals surface area contributed by atoms with E-state index in [4.69, 9.17) is 27.9 Å². The fourth-order valence-electron chi connectivity index (χ4n) is 5.36. The monoisotopic (exact) mass is 617 g/mol. The maximum Gasteiger partial charge on any atom is 0.268 e. The molecule has 1 saturated carbocycles. The van der Waals surface area contributed by atoms with Gasteiger partial charge in [-0.25, -0.2) is 18.1 Å². The maximum absolute atomic E-state index is 13.6. The summed E-state index contributed by atoms with van der Waals surface area (Å²) in [6.45, 7) is 2.82. The number of hydrogen-bond donors (Lipinski definition) is 3. The third kappa shape index (κ3) is 5.80. The standard InChI is InChI=1S/C27H29Cl2N7O4S/c28-20-6-3-7-21(29)24(20)36-16-40-25-19(26(36)37)15-31-27(33-25)32-18-8-9-22(35-12-10-30-11-13-35)23(14-18)41(38,39)34-17-4-1-2-5-17/h3,6-9,14-15,17,30,34H,1-2,4-5,10-13,16H2,(H,31,32,33). The number of carbonyl (C=O) groups is 1. The predicted octanol–water partition coefficient (Wildman–Crippen LogP) is 4.15. The van der Waals surface area contributed by atoms with Crippen molar-refractivity contribution >= 4 is 62.1 Å². The molecule has 3 aliphatic rings. The van der Waals surface area contributed by atoms with Crippen LogP contribution >= 0.6 is 23.2 Å². The number of nitrogens with one attached hydrogen (secondary N) is 3. The number of para-hydroxylation sites is 1. The molecule has 2 aromatic carbocycles. The summed E-state index contributed by atoms with van der Waals surface area (Å²) in [5.41, 5.74) is 1.64. The molecule has 1 saturated heterocycles. The van der Waals surface area contributed by atoms with Gasteiger partial charge >= 0.3 is 0 Å². The van der Waals surface area contributed by atoms with Crippen molar-refractivity contribution in [3.63, 3.8) is 0 Å². The van der Waals surface area contributed by atoms with Crippen LogP contribution in [0.5, 0.6) is 5.88 Å². The highest BCUT2D eigenvalue weighted by atomic mass is 35.5. The van der Waals surface area contributed by atoms with Crippen LogP contribution in [0.4, 0.5) is 23.0 Å². The van der Waals surface area contributed by atoms with Crippen molar-refractivity contribution in [2.75, 3.05) is 48.0 Å². The molecule has 41 heavy (non-hydrogen) atoms. The van der Waals surface area contributed by atoms with Crippen molar-refractivity contribution in [3.05, 3.63) is 58.2 Å². The predicted molar refractivity (Wildman–Crippen MR) is 158 cm³/mol. The highest BCUT2D eigenvalue weighted by Gasteiger charge is 2.32. The number of nitrogens with zero attached hydrogens (tertiary/aromatic N) is 4. The number of anilines is 4.